The van der Waals surface area contributed by atoms with E-state index in [1.54, 1.807) is 13.0 Å². The number of anilines is 2. The molecule has 8 nitrogen and oxygen atoms in total. The minimum absolute atomic E-state index is 0.0488. The van der Waals surface area contributed by atoms with Gasteiger partial charge in [0, 0.05) is 44.9 Å². The summed E-state index contributed by atoms with van der Waals surface area (Å²) in [6.07, 6.45) is -2.56. The molecular formula is C21H24F3N5O3. The van der Waals surface area contributed by atoms with Crippen molar-refractivity contribution >= 4 is 23.1 Å². The molecule has 2 heterocycles. The molecule has 2 aromatic rings. The summed E-state index contributed by atoms with van der Waals surface area (Å²) in [4.78, 5) is 30.9. The summed E-state index contributed by atoms with van der Waals surface area (Å²) < 4.78 is 38.2. The van der Waals surface area contributed by atoms with Crippen LogP contribution >= 0.6 is 0 Å². The van der Waals surface area contributed by atoms with E-state index < -0.39 is 16.7 Å². The number of pyridine rings is 1. The number of nitrogens with zero attached hydrogens (tertiary/aromatic N) is 4. The van der Waals surface area contributed by atoms with E-state index in [0.717, 1.165) is 25.2 Å². The van der Waals surface area contributed by atoms with Crippen LogP contribution in [0.25, 0.3) is 0 Å². The van der Waals surface area contributed by atoms with Crippen molar-refractivity contribution in [1.29, 1.82) is 0 Å². The maximum atomic E-state index is 12.7. The van der Waals surface area contributed by atoms with Gasteiger partial charge in [-0.3, -0.25) is 14.9 Å². The molecule has 0 unspecified atom stereocenters. The van der Waals surface area contributed by atoms with E-state index in [4.69, 9.17) is 0 Å². The van der Waals surface area contributed by atoms with E-state index in [9.17, 15) is 28.1 Å². The van der Waals surface area contributed by atoms with Gasteiger partial charge in [-0.05, 0) is 38.1 Å². The Bertz CT molecular complexity index is 966. The number of carbonyl (C=O) groups excluding carboxylic acids is 1. The lowest BCUT2D eigenvalue weighted by Crippen LogP contribution is -2.33. The minimum Gasteiger partial charge on any atom is -0.355 e. The van der Waals surface area contributed by atoms with E-state index in [0.29, 0.717) is 43.2 Å². The molecule has 1 aliphatic rings. The quantitative estimate of drug-likeness (QED) is 0.530. The lowest BCUT2D eigenvalue weighted by atomic mass is 10.1. The normalized spacial score (nSPS) is 15.3. The number of halogens is 3. The van der Waals surface area contributed by atoms with Crippen molar-refractivity contribution in [2.45, 2.75) is 25.9 Å². The highest BCUT2D eigenvalue weighted by atomic mass is 19.4. The van der Waals surface area contributed by atoms with Gasteiger partial charge < -0.3 is 15.1 Å². The number of nitro benzene ring substituents is 1. The van der Waals surface area contributed by atoms with Crippen LogP contribution < -0.4 is 10.2 Å². The maximum Gasteiger partial charge on any atom is 0.417 e. The van der Waals surface area contributed by atoms with E-state index in [1.165, 1.54) is 18.2 Å². The number of nitrogens with one attached hydrogen (secondary N) is 1. The molecule has 0 atom stereocenters. The molecule has 0 aliphatic carbocycles. The summed E-state index contributed by atoms with van der Waals surface area (Å²) in [7, 11) is 0. The lowest BCUT2D eigenvalue weighted by molar-refractivity contribution is -0.385. The Morgan fingerprint density at radius 1 is 1.19 bits per heavy atom. The molecule has 3 rings (SSSR count). The second-order valence-corrected chi connectivity index (χ2v) is 7.59. The van der Waals surface area contributed by atoms with Crippen LogP contribution in [0.3, 0.4) is 0 Å². The fourth-order valence-electron chi connectivity index (χ4n) is 3.59. The number of alkyl halides is 3. The van der Waals surface area contributed by atoms with Gasteiger partial charge in [0.2, 0.25) is 5.91 Å². The molecule has 0 spiro atoms. The van der Waals surface area contributed by atoms with Gasteiger partial charge in [0.05, 0.1) is 21.7 Å². The first-order valence-electron chi connectivity index (χ1n) is 10.2. The molecule has 1 aliphatic heterocycles. The second-order valence-electron chi connectivity index (χ2n) is 7.59. The predicted molar refractivity (Wildman–Crippen MR) is 114 cm³/mol. The number of benzene rings is 1. The van der Waals surface area contributed by atoms with Crippen LogP contribution in [0, 0.1) is 17.0 Å². The highest BCUT2D eigenvalue weighted by Gasteiger charge is 2.31. The van der Waals surface area contributed by atoms with Gasteiger partial charge in [-0.1, -0.05) is 6.07 Å². The lowest BCUT2D eigenvalue weighted by Gasteiger charge is -2.23. The Morgan fingerprint density at radius 2 is 1.97 bits per heavy atom. The Labute approximate surface area is 183 Å². The van der Waals surface area contributed by atoms with Crippen molar-refractivity contribution in [3.05, 3.63) is 57.8 Å². The zero-order chi connectivity index (χ0) is 23.3. The van der Waals surface area contributed by atoms with Crippen LogP contribution in [-0.2, 0) is 11.0 Å². The van der Waals surface area contributed by atoms with Crippen LogP contribution in [0.2, 0.25) is 0 Å². The third kappa shape index (κ3) is 5.94. The highest BCUT2D eigenvalue weighted by molar-refractivity contribution is 5.92. The molecule has 1 amide bonds. The summed E-state index contributed by atoms with van der Waals surface area (Å²) in [6, 6.07) is 6.96. The number of carbonyl (C=O) groups is 1. The Kier molecular flexibility index (Phi) is 7.29. The molecule has 1 saturated heterocycles. The largest absolute Gasteiger partial charge is 0.417 e. The van der Waals surface area contributed by atoms with Crippen molar-refractivity contribution in [3.63, 3.8) is 0 Å². The fourth-order valence-corrected chi connectivity index (χ4v) is 3.59. The first kappa shape index (κ1) is 23.5. The molecule has 32 heavy (non-hydrogen) atoms. The molecular weight excluding hydrogens is 427 g/mol. The van der Waals surface area contributed by atoms with Crippen molar-refractivity contribution in [2.75, 3.05) is 42.9 Å². The van der Waals surface area contributed by atoms with Crippen molar-refractivity contribution in [2.24, 2.45) is 0 Å². The number of aromatic nitrogens is 1. The predicted octanol–water partition coefficient (Wildman–Crippen LogP) is 3.86. The van der Waals surface area contributed by atoms with Gasteiger partial charge in [0.25, 0.3) is 5.69 Å². The Morgan fingerprint density at radius 3 is 2.62 bits per heavy atom. The second kappa shape index (κ2) is 9.94. The van der Waals surface area contributed by atoms with Crippen LogP contribution in [-0.4, -0.2) is 53.4 Å². The molecule has 1 aromatic carbocycles. The summed E-state index contributed by atoms with van der Waals surface area (Å²) in [5.41, 5.74) is -0.00472. The van der Waals surface area contributed by atoms with Gasteiger partial charge in [0.15, 0.2) is 0 Å². The highest BCUT2D eigenvalue weighted by Crippen LogP contribution is 2.29. The van der Waals surface area contributed by atoms with E-state index in [1.807, 2.05) is 4.90 Å². The topological polar surface area (TPSA) is 91.6 Å². The Hall–Kier alpha value is -3.21. The van der Waals surface area contributed by atoms with Gasteiger partial charge in [-0.15, -0.1) is 0 Å². The van der Waals surface area contributed by atoms with Crippen LogP contribution in [0.4, 0.5) is 30.4 Å². The minimum atomic E-state index is -4.41. The van der Waals surface area contributed by atoms with Crippen molar-refractivity contribution < 1.29 is 22.9 Å². The first-order chi connectivity index (χ1) is 15.1. The van der Waals surface area contributed by atoms with Gasteiger partial charge in [0.1, 0.15) is 5.82 Å². The molecule has 0 bridgehead atoms. The van der Waals surface area contributed by atoms with Gasteiger partial charge in [-0.2, -0.15) is 13.2 Å². The number of nitro groups is 1. The third-order valence-corrected chi connectivity index (χ3v) is 5.42. The molecule has 1 N–H and O–H groups in total. The molecule has 1 fully saturated rings. The standard InChI is InChI=1S/C21H24F3N5O3/c1-15-17(4-2-5-18(15)29(31)32)26-20(30)8-11-27-9-3-10-28(13-12-27)19-7-6-16(14-25-19)21(22,23)24/h2,4-7,14H,3,8-13H2,1H3,(H,26,30). The fraction of sp³-hybridized carbons (Fsp3) is 0.429. The van der Waals surface area contributed by atoms with Crippen LogP contribution in [0.15, 0.2) is 36.5 Å². The van der Waals surface area contributed by atoms with E-state index >= 15 is 0 Å². The van der Waals surface area contributed by atoms with Gasteiger partial charge in [-0.25, -0.2) is 4.98 Å². The number of hydrogen-bond acceptors (Lipinski definition) is 6. The molecule has 1 aromatic heterocycles. The van der Waals surface area contributed by atoms with Crippen molar-refractivity contribution in [3.8, 4) is 0 Å². The average Bonchev–Trinajstić information content (AvgIpc) is 2.99. The number of hydrogen-bond donors (Lipinski definition) is 1. The molecule has 0 saturated carbocycles. The molecule has 11 heteroatoms. The SMILES string of the molecule is Cc1c(NC(=O)CCN2CCCN(c3ccc(C(F)(F)F)cn3)CC2)cccc1[N+](=O)[O-]. The molecule has 0 radical (unpaired) electrons. The summed E-state index contributed by atoms with van der Waals surface area (Å²) in [6.45, 7) is 4.74. The third-order valence-electron chi connectivity index (χ3n) is 5.42. The van der Waals surface area contributed by atoms with Crippen LogP contribution in [0.1, 0.15) is 24.0 Å². The summed E-state index contributed by atoms with van der Waals surface area (Å²) in [5, 5.41) is 13.8. The zero-order valence-corrected chi connectivity index (χ0v) is 17.6. The number of amides is 1. The zero-order valence-electron chi connectivity index (χ0n) is 17.6. The maximum absolute atomic E-state index is 12.7. The first-order valence-corrected chi connectivity index (χ1v) is 10.2. The summed E-state index contributed by atoms with van der Waals surface area (Å²) >= 11 is 0. The summed E-state index contributed by atoms with van der Waals surface area (Å²) in [5.74, 6) is 0.262. The van der Waals surface area contributed by atoms with Crippen molar-refractivity contribution in [1.82, 2.24) is 9.88 Å². The van der Waals surface area contributed by atoms with E-state index in [-0.39, 0.29) is 18.0 Å². The smallest absolute Gasteiger partial charge is 0.355 e. The van der Waals surface area contributed by atoms with E-state index in [2.05, 4.69) is 15.2 Å². The monoisotopic (exact) mass is 451 g/mol. The average molecular weight is 451 g/mol. The van der Waals surface area contributed by atoms with Crippen LogP contribution in [0.5, 0.6) is 0 Å². The van der Waals surface area contributed by atoms with Gasteiger partial charge >= 0.3 is 6.18 Å². The Balaban J connectivity index is 1.51. The number of rotatable bonds is 6. The molecule has 172 valence electrons.